The first-order valence-electron chi connectivity index (χ1n) is 10.3. The van der Waals surface area contributed by atoms with Gasteiger partial charge in [-0.25, -0.2) is 19.5 Å². The zero-order valence-corrected chi connectivity index (χ0v) is 21.4. The van der Waals surface area contributed by atoms with Crippen LogP contribution in [0.2, 0.25) is 0 Å². The number of anilines is 1. The molecule has 5 atom stereocenters. The maximum absolute atomic E-state index is 12.3. The number of hydrogen-bond donors (Lipinski definition) is 2. The van der Waals surface area contributed by atoms with E-state index in [4.69, 9.17) is 18.5 Å². The minimum Gasteiger partial charge on any atom is -1.00 e. The van der Waals surface area contributed by atoms with Crippen LogP contribution in [0, 0.1) is 0 Å². The molecule has 0 aromatic carbocycles. The van der Waals surface area contributed by atoms with Crippen LogP contribution in [0.4, 0.5) is 5.82 Å². The van der Waals surface area contributed by atoms with Crippen LogP contribution in [0.3, 0.4) is 0 Å². The van der Waals surface area contributed by atoms with Gasteiger partial charge >= 0.3 is 43.3 Å². The number of nitrogens with one attached hydrogen (secondary N) is 1. The average Bonchev–Trinajstić information content (AvgIpc) is 3.30. The molecule has 0 bridgehead atoms. The maximum Gasteiger partial charge on any atom is 1.00 e. The number of esters is 1. The van der Waals surface area contributed by atoms with Gasteiger partial charge in [0.15, 0.2) is 29.3 Å². The van der Waals surface area contributed by atoms with Crippen molar-refractivity contribution in [1.82, 2.24) is 19.5 Å². The van der Waals surface area contributed by atoms with Crippen molar-refractivity contribution in [3.63, 3.8) is 0 Å². The average molecular weight is 493 g/mol. The van der Waals surface area contributed by atoms with Gasteiger partial charge in [-0.1, -0.05) is 13.8 Å². The molecule has 1 unspecified atom stereocenters. The van der Waals surface area contributed by atoms with Gasteiger partial charge in [0.25, 0.3) is 0 Å². The van der Waals surface area contributed by atoms with Crippen molar-refractivity contribution in [1.29, 1.82) is 0 Å². The summed E-state index contributed by atoms with van der Waals surface area (Å²) < 4.78 is 35.1. The number of amides is 1. The third kappa shape index (κ3) is 5.63. The van der Waals surface area contributed by atoms with E-state index in [2.05, 4.69) is 20.3 Å². The molecule has 2 fully saturated rings. The Hall–Kier alpha value is -1.44. The van der Waals surface area contributed by atoms with Crippen molar-refractivity contribution in [2.24, 2.45) is 0 Å². The molecule has 2 aliphatic heterocycles. The van der Waals surface area contributed by atoms with E-state index in [1.54, 1.807) is 0 Å². The van der Waals surface area contributed by atoms with E-state index in [9.17, 15) is 19.0 Å². The first-order chi connectivity index (χ1) is 15.3. The number of phosphoric ester groups is 1. The molecule has 2 aliphatic rings. The second kappa shape index (κ2) is 10.9. The molecule has 4 heterocycles. The topological polar surface area (TPSA) is 164 Å². The number of fused-ring (bicyclic) bond motifs is 2. The Morgan fingerprint density at radius 3 is 2.79 bits per heavy atom. The number of hydrogen-bond acceptors (Lipinski definition) is 10. The Labute approximate surface area is 212 Å². The number of aromatic nitrogens is 4. The van der Waals surface area contributed by atoms with Gasteiger partial charge in [-0.2, -0.15) is 0 Å². The van der Waals surface area contributed by atoms with Gasteiger partial charge in [-0.15, -0.1) is 0 Å². The Morgan fingerprint density at radius 2 is 2.06 bits per heavy atom. The SMILES string of the molecule is CCCC(=O)Nc1ncnc2c1ncn2[C@@H]1O[C@@H]2COP(=O)(O)O[C@H]2[C@H]1OC(=O)CCC.[H-].[Na+]. The Kier molecular flexibility index (Phi) is 8.62. The van der Waals surface area contributed by atoms with E-state index < -0.39 is 38.3 Å². The fraction of sp³-hybridized carbons (Fsp3) is 0.611. The van der Waals surface area contributed by atoms with Gasteiger partial charge in [0.05, 0.1) is 12.9 Å². The Bertz CT molecular complexity index is 1070. The third-order valence-electron chi connectivity index (χ3n) is 5.03. The summed E-state index contributed by atoms with van der Waals surface area (Å²) in [5.41, 5.74) is 0.638. The quantitative estimate of drug-likeness (QED) is 0.271. The van der Waals surface area contributed by atoms with E-state index in [0.29, 0.717) is 30.4 Å². The molecule has 1 amide bonds. The monoisotopic (exact) mass is 493 g/mol. The summed E-state index contributed by atoms with van der Waals surface area (Å²) in [6.45, 7) is 3.50. The summed E-state index contributed by atoms with van der Waals surface area (Å²) in [5.74, 6) is -0.469. The van der Waals surface area contributed by atoms with Crippen LogP contribution >= 0.6 is 7.82 Å². The number of carbonyl (C=O) groups is 2. The minimum atomic E-state index is -4.30. The van der Waals surface area contributed by atoms with Gasteiger partial charge in [-0.05, 0) is 12.8 Å². The Morgan fingerprint density at radius 1 is 1.30 bits per heavy atom. The van der Waals surface area contributed by atoms with Gasteiger partial charge < -0.3 is 21.1 Å². The van der Waals surface area contributed by atoms with Crippen LogP contribution in [0.5, 0.6) is 0 Å². The smallest absolute Gasteiger partial charge is 1.00 e. The molecule has 176 valence electrons. The van der Waals surface area contributed by atoms with Gasteiger partial charge in [0.1, 0.15) is 18.5 Å². The van der Waals surface area contributed by atoms with Gasteiger partial charge in [-0.3, -0.25) is 23.2 Å². The molecule has 2 saturated heterocycles. The van der Waals surface area contributed by atoms with E-state index >= 15 is 0 Å². The number of rotatable bonds is 7. The third-order valence-corrected chi connectivity index (χ3v) is 6.02. The van der Waals surface area contributed by atoms with Crippen molar-refractivity contribution in [3.8, 4) is 0 Å². The van der Waals surface area contributed by atoms with Crippen LogP contribution in [-0.2, 0) is 32.7 Å². The van der Waals surface area contributed by atoms with Crippen molar-refractivity contribution in [2.45, 2.75) is 64.1 Å². The summed E-state index contributed by atoms with van der Waals surface area (Å²) in [6.07, 6.45) is 0.639. The summed E-state index contributed by atoms with van der Waals surface area (Å²) in [7, 11) is -4.30. The maximum atomic E-state index is 12.3. The molecule has 0 radical (unpaired) electrons. The molecule has 15 heteroatoms. The fourth-order valence-corrected chi connectivity index (χ4v) is 4.60. The molecule has 2 N–H and O–H groups in total. The molecular formula is C18H25N5NaO8P. The molecule has 13 nitrogen and oxygen atoms in total. The molecule has 0 saturated carbocycles. The molecule has 0 aliphatic carbocycles. The predicted molar refractivity (Wildman–Crippen MR) is 109 cm³/mol. The largest absolute Gasteiger partial charge is 1.00 e. The number of imidazole rings is 1. The van der Waals surface area contributed by atoms with Gasteiger partial charge in [0.2, 0.25) is 5.91 Å². The molecule has 2 aromatic heterocycles. The van der Waals surface area contributed by atoms with E-state index in [1.807, 2.05) is 13.8 Å². The predicted octanol–water partition coefficient (Wildman–Crippen LogP) is -1.19. The van der Waals surface area contributed by atoms with E-state index in [0.717, 1.165) is 0 Å². The minimum absolute atomic E-state index is 0. The zero-order valence-electron chi connectivity index (χ0n) is 19.5. The first kappa shape index (κ1) is 26.2. The zero-order chi connectivity index (χ0) is 22.9. The fourth-order valence-electron chi connectivity index (χ4n) is 3.64. The second-order valence-corrected chi connectivity index (χ2v) is 8.85. The molecular weight excluding hydrogens is 468 g/mol. The molecule has 4 rings (SSSR count). The number of ether oxygens (including phenoxy) is 2. The first-order valence-corrected chi connectivity index (χ1v) is 11.8. The standard InChI is InChI=1S/C18H24N5O8P.Na.H/c1-3-5-11(24)22-16-13-17(20-8-19-16)23(9-21-13)18-15(30-12(25)6-4-2)14-10(29-18)7-28-32(26,27)31-14;;/h8-10,14-15,18H,3-7H2,1-2H3,(H,26,27)(H,19,20,22,24);;/q;+1;-1/t10-,14-,15-,18-;;/m1../s1. The normalized spacial score (nSPS) is 28.7. The van der Waals surface area contributed by atoms with Gasteiger partial charge in [0, 0.05) is 12.8 Å². The van der Waals surface area contributed by atoms with Crippen LogP contribution in [0.25, 0.3) is 11.2 Å². The van der Waals surface area contributed by atoms with Crippen LogP contribution in [0.1, 0.15) is 47.2 Å². The number of phosphoric acid groups is 1. The van der Waals surface area contributed by atoms with Crippen LogP contribution in [-0.4, -0.2) is 61.2 Å². The summed E-state index contributed by atoms with van der Waals surface area (Å²) in [6, 6.07) is 0. The van der Waals surface area contributed by atoms with Crippen LogP contribution in [0.15, 0.2) is 12.7 Å². The van der Waals surface area contributed by atoms with E-state index in [1.165, 1.54) is 17.2 Å². The summed E-state index contributed by atoms with van der Waals surface area (Å²) in [4.78, 5) is 46.7. The summed E-state index contributed by atoms with van der Waals surface area (Å²) >= 11 is 0. The van der Waals surface area contributed by atoms with Crippen LogP contribution < -0.4 is 34.9 Å². The Balaban J connectivity index is 0.00000204. The number of carbonyl (C=O) groups excluding carboxylic acids is 2. The second-order valence-electron chi connectivity index (χ2n) is 7.45. The molecule has 2 aromatic rings. The number of nitrogens with zero attached hydrogens (tertiary/aromatic N) is 4. The molecule has 33 heavy (non-hydrogen) atoms. The van der Waals surface area contributed by atoms with Crippen molar-refractivity contribution in [2.75, 3.05) is 11.9 Å². The summed E-state index contributed by atoms with van der Waals surface area (Å²) in [5, 5.41) is 2.70. The van der Waals surface area contributed by atoms with Crippen molar-refractivity contribution >= 4 is 36.7 Å². The van der Waals surface area contributed by atoms with E-state index in [-0.39, 0.29) is 55.7 Å². The molecule has 0 spiro atoms. The van der Waals surface area contributed by atoms with Crippen molar-refractivity contribution in [3.05, 3.63) is 12.7 Å². The van der Waals surface area contributed by atoms with Crippen molar-refractivity contribution < 1.29 is 68.6 Å².